The standard InChI is InChI=1S/C32H31N5OS/c1-21(2)23-8-14-27-28(18-23)35-20-36-31(27)37-29-19-24(32(38)34-17-16-22-6-4-3-5-7-22)9-15-30(29)39-26-12-10-25(33)11-13-26/h3-15,18-21H,16-17,33H2,1-2H3,(H,34,38)(H,35,36,37). The lowest BCUT2D eigenvalue weighted by Gasteiger charge is -2.15. The zero-order valence-electron chi connectivity index (χ0n) is 22.0. The van der Waals surface area contributed by atoms with Crippen molar-refractivity contribution < 1.29 is 4.79 Å². The number of nitrogens with zero attached hydrogens (tertiary/aromatic N) is 2. The molecule has 1 amide bonds. The van der Waals surface area contributed by atoms with Gasteiger partial charge in [0.1, 0.15) is 12.1 Å². The number of anilines is 3. The summed E-state index contributed by atoms with van der Waals surface area (Å²) < 4.78 is 0. The van der Waals surface area contributed by atoms with Crippen LogP contribution in [0.1, 0.15) is 41.3 Å². The molecule has 196 valence electrons. The molecule has 0 bridgehead atoms. The van der Waals surface area contributed by atoms with Crippen molar-refractivity contribution in [3.8, 4) is 0 Å². The third-order valence-corrected chi connectivity index (χ3v) is 7.56. The Morgan fingerprint density at radius 2 is 1.72 bits per heavy atom. The van der Waals surface area contributed by atoms with E-state index in [0.29, 0.717) is 29.5 Å². The van der Waals surface area contributed by atoms with Gasteiger partial charge in [-0.05, 0) is 78.1 Å². The first-order valence-corrected chi connectivity index (χ1v) is 13.8. The molecule has 6 nitrogen and oxygen atoms in total. The van der Waals surface area contributed by atoms with Crippen LogP contribution in [-0.2, 0) is 6.42 Å². The van der Waals surface area contributed by atoms with Crippen molar-refractivity contribution in [3.63, 3.8) is 0 Å². The van der Waals surface area contributed by atoms with Gasteiger partial charge in [-0.3, -0.25) is 4.79 Å². The molecule has 0 saturated carbocycles. The van der Waals surface area contributed by atoms with Crippen LogP contribution in [0.2, 0.25) is 0 Å². The van der Waals surface area contributed by atoms with Crippen LogP contribution in [-0.4, -0.2) is 22.4 Å². The van der Waals surface area contributed by atoms with Gasteiger partial charge in [-0.1, -0.05) is 62.0 Å². The zero-order chi connectivity index (χ0) is 27.2. The molecule has 0 aliphatic heterocycles. The summed E-state index contributed by atoms with van der Waals surface area (Å²) in [4.78, 5) is 24.1. The van der Waals surface area contributed by atoms with Crippen LogP contribution in [0.4, 0.5) is 17.2 Å². The van der Waals surface area contributed by atoms with E-state index < -0.39 is 0 Å². The molecule has 0 fully saturated rings. The summed E-state index contributed by atoms with van der Waals surface area (Å²) in [7, 11) is 0. The molecule has 4 N–H and O–H groups in total. The fourth-order valence-electron chi connectivity index (χ4n) is 4.25. The largest absolute Gasteiger partial charge is 0.399 e. The highest BCUT2D eigenvalue weighted by Crippen LogP contribution is 2.37. The van der Waals surface area contributed by atoms with Crippen molar-refractivity contribution in [1.29, 1.82) is 0 Å². The van der Waals surface area contributed by atoms with Crippen molar-refractivity contribution in [2.75, 3.05) is 17.6 Å². The zero-order valence-corrected chi connectivity index (χ0v) is 22.8. The van der Waals surface area contributed by atoms with Crippen LogP contribution in [0.15, 0.2) is 107 Å². The molecule has 1 heterocycles. The first-order chi connectivity index (χ1) is 19.0. The Bertz CT molecular complexity index is 1590. The second-order valence-corrected chi connectivity index (χ2v) is 10.8. The van der Waals surface area contributed by atoms with E-state index in [1.54, 1.807) is 18.1 Å². The van der Waals surface area contributed by atoms with Crippen molar-refractivity contribution in [1.82, 2.24) is 15.3 Å². The van der Waals surface area contributed by atoms with E-state index in [1.807, 2.05) is 60.7 Å². The maximum absolute atomic E-state index is 13.1. The third-order valence-electron chi connectivity index (χ3n) is 6.47. The van der Waals surface area contributed by atoms with E-state index in [0.717, 1.165) is 32.8 Å². The number of carbonyl (C=O) groups excluding carboxylic acids is 1. The highest BCUT2D eigenvalue weighted by atomic mass is 32.2. The number of hydrogen-bond acceptors (Lipinski definition) is 6. The van der Waals surface area contributed by atoms with Crippen molar-refractivity contribution in [3.05, 3.63) is 114 Å². The quantitative estimate of drug-likeness (QED) is 0.174. The average Bonchev–Trinajstić information content (AvgIpc) is 2.95. The van der Waals surface area contributed by atoms with E-state index in [9.17, 15) is 4.79 Å². The lowest BCUT2D eigenvalue weighted by atomic mass is 10.0. The Morgan fingerprint density at radius 1 is 0.923 bits per heavy atom. The molecule has 4 aromatic carbocycles. The Balaban J connectivity index is 1.43. The van der Waals surface area contributed by atoms with Gasteiger partial charge in [0.05, 0.1) is 11.2 Å². The number of rotatable bonds is 9. The van der Waals surface area contributed by atoms with Crippen LogP contribution in [0.3, 0.4) is 0 Å². The summed E-state index contributed by atoms with van der Waals surface area (Å²) >= 11 is 1.60. The normalized spacial score (nSPS) is 11.1. The molecule has 0 atom stereocenters. The molecule has 7 heteroatoms. The lowest BCUT2D eigenvalue weighted by Crippen LogP contribution is -2.25. The number of carbonyl (C=O) groups is 1. The number of amides is 1. The number of nitrogens with two attached hydrogens (primary N) is 1. The van der Waals surface area contributed by atoms with Gasteiger partial charge in [0, 0.05) is 33.0 Å². The SMILES string of the molecule is CC(C)c1ccc2c(Nc3cc(C(=O)NCCc4ccccc4)ccc3Sc3ccc(N)cc3)ncnc2c1. The van der Waals surface area contributed by atoms with Gasteiger partial charge in [-0.2, -0.15) is 0 Å². The summed E-state index contributed by atoms with van der Waals surface area (Å²) in [6.45, 7) is 4.89. The van der Waals surface area contributed by atoms with Crippen LogP contribution in [0.5, 0.6) is 0 Å². The maximum atomic E-state index is 13.1. The van der Waals surface area contributed by atoms with Crippen molar-refractivity contribution in [2.24, 2.45) is 0 Å². The molecule has 39 heavy (non-hydrogen) atoms. The first kappa shape index (κ1) is 26.3. The minimum atomic E-state index is -0.118. The van der Waals surface area contributed by atoms with Gasteiger partial charge in [0.15, 0.2) is 0 Å². The predicted molar refractivity (Wildman–Crippen MR) is 161 cm³/mol. The van der Waals surface area contributed by atoms with Crippen LogP contribution in [0.25, 0.3) is 10.9 Å². The van der Waals surface area contributed by atoms with Crippen LogP contribution >= 0.6 is 11.8 Å². The minimum absolute atomic E-state index is 0.118. The van der Waals surface area contributed by atoms with E-state index in [-0.39, 0.29) is 5.91 Å². The van der Waals surface area contributed by atoms with E-state index in [4.69, 9.17) is 5.73 Å². The molecule has 0 aliphatic rings. The van der Waals surface area contributed by atoms with E-state index in [2.05, 4.69) is 64.8 Å². The van der Waals surface area contributed by atoms with Crippen molar-refractivity contribution in [2.45, 2.75) is 36.0 Å². The number of hydrogen-bond donors (Lipinski definition) is 3. The van der Waals surface area contributed by atoms with Gasteiger partial charge in [0.2, 0.25) is 0 Å². The summed E-state index contributed by atoms with van der Waals surface area (Å²) in [6.07, 6.45) is 2.34. The molecule has 0 spiro atoms. The first-order valence-electron chi connectivity index (χ1n) is 13.0. The number of nitrogens with one attached hydrogen (secondary N) is 2. The topological polar surface area (TPSA) is 92.9 Å². The number of benzene rings is 4. The molecule has 5 rings (SSSR count). The van der Waals surface area contributed by atoms with Gasteiger partial charge in [-0.15, -0.1) is 0 Å². The molecule has 0 radical (unpaired) electrons. The fraction of sp³-hybridized carbons (Fsp3) is 0.156. The van der Waals surface area contributed by atoms with Crippen LogP contribution < -0.4 is 16.4 Å². The Morgan fingerprint density at radius 3 is 2.49 bits per heavy atom. The third kappa shape index (κ3) is 6.56. The molecule has 0 aliphatic carbocycles. The van der Waals surface area contributed by atoms with Crippen LogP contribution in [0, 0.1) is 0 Å². The summed E-state index contributed by atoms with van der Waals surface area (Å²) in [5, 5.41) is 7.46. The predicted octanol–water partition coefficient (Wildman–Crippen LogP) is 7.20. The van der Waals surface area contributed by atoms with E-state index >= 15 is 0 Å². The fourth-order valence-corrected chi connectivity index (χ4v) is 5.13. The number of nitrogen functional groups attached to an aromatic ring is 1. The smallest absolute Gasteiger partial charge is 0.251 e. The number of aromatic nitrogens is 2. The number of fused-ring (bicyclic) bond motifs is 1. The van der Waals surface area contributed by atoms with E-state index in [1.165, 1.54) is 11.1 Å². The second-order valence-electron chi connectivity index (χ2n) is 9.65. The summed E-state index contributed by atoms with van der Waals surface area (Å²) in [5.74, 6) is 0.976. The van der Waals surface area contributed by atoms with Gasteiger partial charge in [-0.25, -0.2) is 9.97 Å². The summed E-state index contributed by atoms with van der Waals surface area (Å²) in [5.41, 5.74) is 11.3. The molecule has 0 unspecified atom stereocenters. The second kappa shape index (κ2) is 12.0. The monoisotopic (exact) mass is 533 g/mol. The molecule has 5 aromatic rings. The molecule has 1 aromatic heterocycles. The molecular weight excluding hydrogens is 502 g/mol. The Hall–Kier alpha value is -4.36. The Labute approximate surface area is 233 Å². The van der Waals surface area contributed by atoms with Gasteiger partial charge < -0.3 is 16.4 Å². The lowest BCUT2D eigenvalue weighted by molar-refractivity contribution is 0.0954. The highest BCUT2D eigenvalue weighted by Gasteiger charge is 2.14. The minimum Gasteiger partial charge on any atom is -0.399 e. The maximum Gasteiger partial charge on any atom is 0.251 e. The summed E-state index contributed by atoms with van der Waals surface area (Å²) in [6, 6.07) is 29.9. The van der Waals surface area contributed by atoms with Gasteiger partial charge >= 0.3 is 0 Å². The highest BCUT2D eigenvalue weighted by molar-refractivity contribution is 7.99. The molecular formula is C32H31N5OS. The average molecular weight is 534 g/mol. The molecule has 0 saturated heterocycles. The van der Waals surface area contributed by atoms with Gasteiger partial charge in [0.25, 0.3) is 5.91 Å². The Kier molecular flexibility index (Phi) is 8.08. The van der Waals surface area contributed by atoms with Crippen molar-refractivity contribution >= 4 is 45.8 Å².